The fourth-order valence-electron chi connectivity index (χ4n) is 3.05. The Labute approximate surface area is 128 Å². The van der Waals surface area contributed by atoms with Crippen LogP contribution in [0.25, 0.3) is 0 Å². The largest absolute Gasteiger partial charge is 0.380 e. The lowest BCUT2D eigenvalue weighted by atomic mass is 9.79. The third-order valence-corrected chi connectivity index (χ3v) is 4.27. The maximum atomic E-state index is 4.47. The summed E-state index contributed by atoms with van der Waals surface area (Å²) in [4.78, 5) is 0. The molecule has 1 aromatic heterocycles. The maximum absolute atomic E-state index is 4.47. The zero-order chi connectivity index (χ0) is 15.6. The van der Waals surface area contributed by atoms with Crippen molar-refractivity contribution in [1.82, 2.24) is 9.78 Å². The van der Waals surface area contributed by atoms with Crippen molar-refractivity contribution in [3.63, 3.8) is 0 Å². The molecule has 0 bridgehead atoms. The molecule has 21 heavy (non-hydrogen) atoms. The molecule has 0 radical (unpaired) electrons. The van der Waals surface area contributed by atoms with E-state index in [9.17, 15) is 0 Å². The number of aromatic nitrogens is 2. The van der Waals surface area contributed by atoms with Crippen LogP contribution in [0.2, 0.25) is 0 Å². The van der Waals surface area contributed by atoms with Gasteiger partial charge < -0.3 is 5.32 Å². The van der Waals surface area contributed by atoms with Gasteiger partial charge in [-0.1, -0.05) is 44.2 Å². The van der Waals surface area contributed by atoms with Crippen molar-refractivity contribution in [1.29, 1.82) is 0 Å². The van der Waals surface area contributed by atoms with Gasteiger partial charge in [-0.15, -0.1) is 0 Å². The van der Waals surface area contributed by atoms with Crippen LogP contribution in [0.1, 0.15) is 44.1 Å². The molecule has 0 saturated heterocycles. The highest BCUT2D eigenvalue weighted by atomic mass is 15.3. The minimum absolute atomic E-state index is 0.150. The lowest BCUT2D eigenvalue weighted by molar-refractivity contribution is 0.450. The van der Waals surface area contributed by atoms with Gasteiger partial charge in [-0.05, 0) is 38.2 Å². The molecular weight excluding hydrogens is 258 g/mol. The number of nitrogens with one attached hydrogen (secondary N) is 1. The highest BCUT2D eigenvalue weighted by Crippen LogP contribution is 2.30. The van der Waals surface area contributed by atoms with Crippen LogP contribution in [-0.4, -0.2) is 15.8 Å². The van der Waals surface area contributed by atoms with E-state index in [4.69, 9.17) is 0 Å². The quantitative estimate of drug-likeness (QED) is 0.892. The van der Waals surface area contributed by atoms with E-state index in [2.05, 4.69) is 75.4 Å². The Balaban J connectivity index is 2.09. The lowest BCUT2D eigenvalue weighted by Gasteiger charge is -2.29. The Bertz CT molecular complexity index is 596. The molecule has 114 valence electrons. The molecule has 0 fully saturated rings. The Hall–Kier alpha value is -1.77. The van der Waals surface area contributed by atoms with Crippen LogP contribution in [-0.2, 0) is 12.5 Å². The SMILES string of the molecule is Cc1nn(C)c(C)c1NC(C)CC(C)(C)c1ccccc1. The van der Waals surface area contributed by atoms with Gasteiger partial charge in [0.15, 0.2) is 0 Å². The minimum Gasteiger partial charge on any atom is -0.380 e. The molecule has 0 saturated carbocycles. The third kappa shape index (κ3) is 3.46. The average molecular weight is 285 g/mol. The van der Waals surface area contributed by atoms with Crippen molar-refractivity contribution in [3.8, 4) is 0 Å². The van der Waals surface area contributed by atoms with Crippen molar-refractivity contribution < 1.29 is 0 Å². The van der Waals surface area contributed by atoms with Crippen molar-refractivity contribution in [2.75, 3.05) is 5.32 Å². The fraction of sp³-hybridized carbons (Fsp3) is 0.500. The van der Waals surface area contributed by atoms with Gasteiger partial charge in [0.1, 0.15) is 0 Å². The van der Waals surface area contributed by atoms with Crippen LogP contribution in [0.3, 0.4) is 0 Å². The van der Waals surface area contributed by atoms with E-state index >= 15 is 0 Å². The summed E-state index contributed by atoms with van der Waals surface area (Å²) in [6.45, 7) is 11.0. The summed E-state index contributed by atoms with van der Waals surface area (Å²) in [6, 6.07) is 11.1. The molecule has 1 atom stereocenters. The Morgan fingerprint density at radius 2 is 1.81 bits per heavy atom. The molecule has 1 N–H and O–H groups in total. The molecule has 0 aliphatic rings. The molecule has 3 nitrogen and oxygen atoms in total. The number of rotatable bonds is 5. The smallest absolute Gasteiger partial charge is 0.0827 e. The van der Waals surface area contributed by atoms with Gasteiger partial charge in [0, 0.05) is 13.1 Å². The number of nitrogens with zero attached hydrogens (tertiary/aromatic N) is 2. The fourth-order valence-corrected chi connectivity index (χ4v) is 3.05. The first-order valence-electron chi connectivity index (χ1n) is 7.63. The molecule has 0 aliphatic carbocycles. The first-order chi connectivity index (χ1) is 9.81. The second kappa shape index (κ2) is 5.92. The van der Waals surface area contributed by atoms with E-state index in [1.165, 1.54) is 16.9 Å². The van der Waals surface area contributed by atoms with Crippen LogP contribution in [0.15, 0.2) is 30.3 Å². The highest BCUT2D eigenvalue weighted by Gasteiger charge is 2.24. The molecular formula is C18H27N3. The molecule has 2 aromatic rings. The van der Waals surface area contributed by atoms with E-state index in [0.29, 0.717) is 6.04 Å². The first kappa shape index (κ1) is 15.6. The van der Waals surface area contributed by atoms with E-state index in [1.807, 2.05) is 11.7 Å². The number of aryl methyl sites for hydroxylation is 2. The second-order valence-electron chi connectivity index (χ2n) is 6.67. The normalized spacial score (nSPS) is 13.2. The third-order valence-electron chi connectivity index (χ3n) is 4.27. The monoisotopic (exact) mass is 285 g/mol. The maximum Gasteiger partial charge on any atom is 0.0827 e. The van der Waals surface area contributed by atoms with Crippen LogP contribution < -0.4 is 5.32 Å². The standard InChI is InChI=1S/C18H27N3/c1-13(19-17-14(2)20-21(6)15(17)3)12-18(4,5)16-10-8-7-9-11-16/h7-11,13,19H,12H2,1-6H3. The summed E-state index contributed by atoms with van der Waals surface area (Å²) < 4.78 is 1.94. The van der Waals surface area contributed by atoms with Gasteiger partial charge in [-0.2, -0.15) is 5.10 Å². The number of hydrogen-bond acceptors (Lipinski definition) is 2. The molecule has 3 heteroatoms. The lowest BCUT2D eigenvalue weighted by Crippen LogP contribution is -2.28. The predicted octanol–water partition coefficient (Wildman–Crippen LogP) is 4.21. The predicted molar refractivity (Wildman–Crippen MR) is 89.9 cm³/mol. The Morgan fingerprint density at radius 3 is 2.33 bits per heavy atom. The van der Waals surface area contributed by atoms with Crippen molar-refractivity contribution in [2.45, 2.75) is 52.5 Å². The number of anilines is 1. The van der Waals surface area contributed by atoms with Crippen LogP contribution >= 0.6 is 0 Å². The van der Waals surface area contributed by atoms with E-state index in [-0.39, 0.29) is 5.41 Å². The summed E-state index contributed by atoms with van der Waals surface area (Å²) in [5, 5.41) is 8.11. The van der Waals surface area contributed by atoms with Crippen LogP contribution in [0, 0.1) is 13.8 Å². The van der Waals surface area contributed by atoms with Crippen molar-refractivity contribution in [2.24, 2.45) is 7.05 Å². The minimum atomic E-state index is 0.150. The molecule has 1 heterocycles. The molecule has 1 unspecified atom stereocenters. The van der Waals surface area contributed by atoms with Crippen LogP contribution in [0.5, 0.6) is 0 Å². The van der Waals surface area contributed by atoms with Gasteiger partial charge in [-0.25, -0.2) is 0 Å². The number of benzene rings is 1. The van der Waals surface area contributed by atoms with E-state index in [1.54, 1.807) is 0 Å². The summed E-state index contributed by atoms with van der Waals surface area (Å²) in [5.41, 5.74) is 4.97. The average Bonchev–Trinajstić information content (AvgIpc) is 2.66. The Kier molecular flexibility index (Phi) is 4.40. The van der Waals surface area contributed by atoms with Crippen LogP contribution in [0.4, 0.5) is 5.69 Å². The molecule has 2 rings (SSSR count). The van der Waals surface area contributed by atoms with Crippen molar-refractivity contribution in [3.05, 3.63) is 47.3 Å². The summed E-state index contributed by atoms with van der Waals surface area (Å²) >= 11 is 0. The van der Waals surface area contributed by atoms with Gasteiger partial charge in [0.2, 0.25) is 0 Å². The Morgan fingerprint density at radius 1 is 1.19 bits per heavy atom. The summed E-state index contributed by atoms with van der Waals surface area (Å²) in [7, 11) is 1.99. The van der Waals surface area contributed by atoms with Gasteiger partial charge in [0.25, 0.3) is 0 Å². The first-order valence-corrected chi connectivity index (χ1v) is 7.63. The number of hydrogen-bond donors (Lipinski definition) is 1. The topological polar surface area (TPSA) is 29.9 Å². The molecule has 1 aromatic carbocycles. The second-order valence-corrected chi connectivity index (χ2v) is 6.67. The molecule has 0 aliphatic heterocycles. The van der Waals surface area contributed by atoms with Gasteiger partial charge in [0.05, 0.1) is 17.1 Å². The summed E-state index contributed by atoms with van der Waals surface area (Å²) in [5.74, 6) is 0. The summed E-state index contributed by atoms with van der Waals surface area (Å²) in [6.07, 6.45) is 1.07. The van der Waals surface area contributed by atoms with Gasteiger partial charge >= 0.3 is 0 Å². The molecule has 0 spiro atoms. The van der Waals surface area contributed by atoms with E-state index in [0.717, 1.165) is 12.1 Å². The highest BCUT2D eigenvalue weighted by molar-refractivity contribution is 5.52. The zero-order valence-corrected chi connectivity index (χ0v) is 14.1. The zero-order valence-electron chi connectivity index (χ0n) is 14.1. The van der Waals surface area contributed by atoms with Gasteiger partial charge in [-0.3, -0.25) is 4.68 Å². The van der Waals surface area contributed by atoms with Crippen molar-refractivity contribution >= 4 is 5.69 Å². The van der Waals surface area contributed by atoms with E-state index < -0.39 is 0 Å². The molecule has 0 amide bonds.